The van der Waals surface area contributed by atoms with Crippen LogP contribution >= 0.6 is 0 Å². The van der Waals surface area contributed by atoms with Gasteiger partial charge in [-0.2, -0.15) is 0 Å². The first kappa shape index (κ1) is 14.1. The smallest absolute Gasteiger partial charge is 0.253 e. The van der Waals surface area contributed by atoms with E-state index in [-0.39, 0.29) is 12.0 Å². The summed E-state index contributed by atoms with van der Waals surface area (Å²) in [5.41, 5.74) is 1.59. The van der Waals surface area contributed by atoms with Crippen LogP contribution in [0.3, 0.4) is 0 Å². The van der Waals surface area contributed by atoms with Crippen molar-refractivity contribution in [3.63, 3.8) is 0 Å². The van der Waals surface area contributed by atoms with Crippen LogP contribution in [0.15, 0.2) is 48.8 Å². The van der Waals surface area contributed by atoms with Crippen molar-refractivity contribution in [1.82, 2.24) is 10.3 Å². The van der Waals surface area contributed by atoms with Crippen LogP contribution in [0, 0.1) is 0 Å². The molecule has 0 aliphatic heterocycles. The lowest BCUT2D eigenvalue weighted by Gasteiger charge is -2.10. The first-order valence-electron chi connectivity index (χ1n) is 6.59. The second kappa shape index (κ2) is 6.70. The zero-order chi connectivity index (χ0) is 14.4. The lowest BCUT2D eigenvalue weighted by Crippen LogP contribution is -2.22. The Hall–Kier alpha value is -2.36. The molecule has 4 heteroatoms. The van der Waals surface area contributed by atoms with Gasteiger partial charge in [-0.3, -0.25) is 9.78 Å². The van der Waals surface area contributed by atoms with Gasteiger partial charge in [0, 0.05) is 18.9 Å². The molecule has 0 saturated heterocycles. The van der Waals surface area contributed by atoms with Crippen LogP contribution in [0.1, 0.15) is 29.8 Å². The lowest BCUT2D eigenvalue weighted by atomic mass is 10.2. The van der Waals surface area contributed by atoms with Crippen LogP contribution in [0.25, 0.3) is 0 Å². The van der Waals surface area contributed by atoms with Gasteiger partial charge in [0.05, 0.1) is 11.7 Å². The molecule has 1 aromatic heterocycles. The summed E-state index contributed by atoms with van der Waals surface area (Å²) in [6.45, 7) is 4.46. The largest absolute Gasteiger partial charge is 0.491 e. The van der Waals surface area contributed by atoms with Gasteiger partial charge in [0.1, 0.15) is 5.75 Å². The highest BCUT2D eigenvalue weighted by Crippen LogP contribution is 2.13. The first-order chi connectivity index (χ1) is 9.65. The van der Waals surface area contributed by atoms with Gasteiger partial charge in [-0.1, -0.05) is 12.1 Å². The van der Waals surface area contributed by atoms with Crippen LogP contribution < -0.4 is 10.1 Å². The van der Waals surface area contributed by atoms with E-state index < -0.39 is 0 Å². The fraction of sp³-hybridized carbons (Fsp3) is 0.250. The van der Waals surface area contributed by atoms with E-state index in [2.05, 4.69) is 10.3 Å². The summed E-state index contributed by atoms with van der Waals surface area (Å²) in [5, 5.41) is 2.86. The van der Waals surface area contributed by atoms with Crippen molar-refractivity contribution in [2.75, 3.05) is 0 Å². The van der Waals surface area contributed by atoms with E-state index in [1.54, 1.807) is 24.5 Å². The van der Waals surface area contributed by atoms with Crippen molar-refractivity contribution < 1.29 is 9.53 Å². The van der Waals surface area contributed by atoms with Crippen LogP contribution in [0.2, 0.25) is 0 Å². The molecule has 0 aliphatic carbocycles. The van der Waals surface area contributed by atoms with Crippen molar-refractivity contribution in [1.29, 1.82) is 0 Å². The van der Waals surface area contributed by atoms with Crippen molar-refractivity contribution in [3.8, 4) is 5.75 Å². The Bertz CT molecular complexity index is 550. The van der Waals surface area contributed by atoms with Gasteiger partial charge >= 0.3 is 0 Å². The van der Waals surface area contributed by atoms with E-state index in [1.165, 1.54) is 0 Å². The number of hydrogen-bond donors (Lipinski definition) is 1. The Morgan fingerprint density at radius 2 is 2.00 bits per heavy atom. The molecule has 0 fully saturated rings. The summed E-state index contributed by atoms with van der Waals surface area (Å²) in [7, 11) is 0. The molecule has 20 heavy (non-hydrogen) atoms. The number of pyridine rings is 1. The van der Waals surface area contributed by atoms with E-state index in [1.807, 2.05) is 38.1 Å². The molecule has 2 rings (SSSR count). The van der Waals surface area contributed by atoms with Gasteiger partial charge in [0.15, 0.2) is 0 Å². The summed E-state index contributed by atoms with van der Waals surface area (Å²) in [5.74, 6) is 0.711. The van der Waals surface area contributed by atoms with Gasteiger partial charge < -0.3 is 10.1 Å². The minimum absolute atomic E-state index is 0.124. The van der Waals surface area contributed by atoms with Gasteiger partial charge in [-0.05, 0) is 43.7 Å². The van der Waals surface area contributed by atoms with Gasteiger partial charge in [0.2, 0.25) is 0 Å². The van der Waals surface area contributed by atoms with Crippen LogP contribution in [-0.2, 0) is 6.54 Å². The number of carbonyl (C=O) groups is 1. The normalized spacial score (nSPS) is 10.3. The Morgan fingerprint density at radius 1 is 1.25 bits per heavy atom. The van der Waals surface area contributed by atoms with Gasteiger partial charge in [-0.25, -0.2) is 0 Å². The quantitative estimate of drug-likeness (QED) is 0.909. The predicted octanol–water partition coefficient (Wildman–Crippen LogP) is 2.80. The molecule has 1 N–H and O–H groups in total. The maximum Gasteiger partial charge on any atom is 0.253 e. The topological polar surface area (TPSA) is 51.2 Å². The second-order valence-corrected chi connectivity index (χ2v) is 4.73. The number of ether oxygens (including phenoxy) is 1. The SMILES string of the molecule is CC(C)Oc1ccc(CNC(=O)c2cccnc2)cc1. The molecule has 0 spiro atoms. The molecule has 0 atom stereocenters. The van der Waals surface area contributed by atoms with E-state index in [4.69, 9.17) is 4.74 Å². The minimum atomic E-state index is -0.124. The molecule has 0 saturated carbocycles. The van der Waals surface area contributed by atoms with Gasteiger partial charge in [0.25, 0.3) is 5.91 Å². The number of nitrogens with one attached hydrogen (secondary N) is 1. The summed E-state index contributed by atoms with van der Waals surface area (Å²) in [6, 6.07) is 11.2. The molecule has 0 bridgehead atoms. The maximum atomic E-state index is 11.9. The molecule has 1 amide bonds. The number of carbonyl (C=O) groups excluding carboxylic acids is 1. The highest BCUT2D eigenvalue weighted by Gasteiger charge is 2.04. The number of rotatable bonds is 5. The molecule has 1 aromatic carbocycles. The zero-order valence-corrected chi connectivity index (χ0v) is 11.7. The summed E-state index contributed by atoms with van der Waals surface area (Å²) in [4.78, 5) is 15.8. The van der Waals surface area contributed by atoms with Crippen LogP contribution in [-0.4, -0.2) is 17.0 Å². The highest BCUT2D eigenvalue weighted by atomic mass is 16.5. The third kappa shape index (κ3) is 4.09. The predicted molar refractivity (Wildman–Crippen MR) is 77.6 cm³/mol. The average molecular weight is 270 g/mol. The van der Waals surface area contributed by atoms with E-state index in [0.717, 1.165) is 11.3 Å². The van der Waals surface area contributed by atoms with Crippen molar-refractivity contribution in [2.24, 2.45) is 0 Å². The third-order valence-electron chi connectivity index (χ3n) is 2.67. The fourth-order valence-corrected chi connectivity index (χ4v) is 1.74. The Labute approximate surface area is 118 Å². The number of amides is 1. The Morgan fingerprint density at radius 3 is 2.60 bits per heavy atom. The number of nitrogens with zero attached hydrogens (tertiary/aromatic N) is 1. The molecule has 0 radical (unpaired) electrons. The van der Waals surface area contributed by atoms with Crippen molar-refractivity contribution >= 4 is 5.91 Å². The number of aromatic nitrogens is 1. The monoisotopic (exact) mass is 270 g/mol. The third-order valence-corrected chi connectivity index (χ3v) is 2.67. The molecule has 104 valence electrons. The second-order valence-electron chi connectivity index (χ2n) is 4.73. The van der Waals surface area contributed by atoms with Crippen molar-refractivity contribution in [3.05, 3.63) is 59.9 Å². The zero-order valence-electron chi connectivity index (χ0n) is 11.7. The number of hydrogen-bond acceptors (Lipinski definition) is 3. The molecular formula is C16H18N2O2. The molecule has 1 heterocycles. The first-order valence-corrected chi connectivity index (χ1v) is 6.59. The Kier molecular flexibility index (Phi) is 4.71. The number of benzene rings is 1. The summed E-state index contributed by atoms with van der Waals surface area (Å²) >= 11 is 0. The summed E-state index contributed by atoms with van der Waals surface area (Å²) in [6.07, 6.45) is 3.35. The van der Waals surface area contributed by atoms with Gasteiger partial charge in [-0.15, -0.1) is 0 Å². The fourth-order valence-electron chi connectivity index (χ4n) is 1.74. The highest BCUT2D eigenvalue weighted by molar-refractivity contribution is 5.93. The maximum absolute atomic E-state index is 11.9. The van der Waals surface area contributed by atoms with E-state index in [0.29, 0.717) is 12.1 Å². The Balaban J connectivity index is 1.89. The van der Waals surface area contributed by atoms with Crippen LogP contribution in [0.5, 0.6) is 5.75 Å². The molecule has 4 nitrogen and oxygen atoms in total. The minimum Gasteiger partial charge on any atom is -0.491 e. The lowest BCUT2D eigenvalue weighted by molar-refractivity contribution is 0.0950. The molecule has 0 unspecified atom stereocenters. The standard InChI is InChI=1S/C16H18N2O2/c1-12(2)20-15-7-5-13(6-8-15)10-18-16(19)14-4-3-9-17-11-14/h3-9,11-12H,10H2,1-2H3,(H,18,19). The summed E-state index contributed by atoms with van der Waals surface area (Å²) < 4.78 is 5.57. The van der Waals surface area contributed by atoms with Crippen LogP contribution in [0.4, 0.5) is 0 Å². The van der Waals surface area contributed by atoms with E-state index >= 15 is 0 Å². The average Bonchev–Trinajstić information content (AvgIpc) is 2.46. The van der Waals surface area contributed by atoms with E-state index in [9.17, 15) is 4.79 Å². The molecule has 0 aliphatic rings. The molecular weight excluding hydrogens is 252 g/mol. The van der Waals surface area contributed by atoms with Crippen molar-refractivity contribution in [2.45, 2.75) is 26.5 Å². The molecule has 2 aromatic rings.